The Morgan fingerprint density at radius 3 is 2.42 bits per heavy atom. The van der Waals surface area contributed by atoms with Crippen molar-refractivity contribution >= 4 is 27.3 Å². The molecule has 2 rings (SSSR count). The minimum atomic E-state index is -3.39. The standard InChI is InChI=1S/C18H20ClNO3S/c1-14-6-8-15(9-7-14)12-20-18(21)10-11-24(22,23)13-16-4-2-3-5-17(16)19/h2-9H,10-13H2,1H3,(H,20,21). The quantitative estimate of drug-likeness (QED) is 0.819. The molecule has 0 aliphatic rings. The van der Waals surface area contributed by atoms with E-state index in [1.807, 2.05) is 31.2 Å². The molecule has 0 fully saturated rings. The van der Waals surface area contributed by atoms with Crippen LogP contribution in [-0.4, -0.2) is 20.1 Å². The Balaban J connectivity index is 1.82. The number of hydrogen-bond donors (Lipinski definition) is 1. The molecule has 0 bridgehead atoms. The summed E-state index contributed by atoms with van der Waals surface area (Å²) in [5, 5.41) is 3.16. The maximum absolute atomic E-state index is 12.1. The van der Waals surface area contributed by atoms with E-state index in [-0.39, 0.29) is 23.8 Å². The monoisotopic (exact) mass is 365 g/mol. The third-order valence-electron chi connectivity index (χ3n) is 3.58. The Bertz CT molecular complexity index is 801. The van der Waals surface area contributed by atoms with Gasteiger partial charge in [0.1, 0.15) is 0 Å². The highest BCUT2D eigenvalue weighted by Crippen LogP contribution is 2.18. The van der Waals surface area contributed by atoms with Crippen molar-refractivity contribution in [1.29, 1.82) is 0 Å². The molecule has 4 nitrogen and oxygen atoms in total. The summed E-state index contributed by atoms with van der Waals surface area (Å²) in [5.41, 5.74) is 2.68. The molecule has 0 atom stereocenters. The molecule has 1 amide bonds. The van der Waals surface area contributed by atoms with Gasteiger partial charge in [-0.1, -0.05) is 59.6 Å². The molecule has 0 spiro atoms. The fourth-order valence-electron chi connectivity index (χ4n) is 2.17. The third kappa shape index (κ3) is 5.98. The Morgan fingerprint density at radius 2 is 1.75 bits per heavy atom. The molecule has 0 unspecified atom stereocenters. The number of nitrogens with one attached hydrogen (secondary N) is 1. The Labute approximate surface area is 147 Å². The number of benzene rings is 2. The van der Waals surface area contributed by atoms with Gasteiger partial charge in [-0.05, 0) is 24.1 Å². The molecule has 0 aliphatic carbocycles. The lowest BCUT2D eigenvalue weighted by Crippen LogP contribution is -2.25. The van der Waals surface area contributed by atoms with Crippen LogP contribution in [0.25, 0.3) is 0 Å². The summed E-state index contributed by atoms with van der Waals surface area (Å²) in [5.74, 6) is -0.631. The summed E-state index contributed by atoms with van der Waals surface area (Å²) in [6.07, 6.45) is -0.0569. The predicted molar refractivity (Wildman–Crippen MR) is 96.6 cm³/mol. The zero-order chi connectivity index (χ0) is 17.6. The van der Waals surface area contributed by atoms with Gasteiger partial charge >= 0.3 is 0 Å². The second-order valence-electron chi connectivity index (χ2n) is 5.70. The zero-order valence-electron chi connectivity index (χ0n) is 13.5. The van der Waals surface area contributed by atoms with E-state index >= 15 is 0 Å². The van der Waals surface area contributed by atoms with E-state index in [1.54, 1.807) is 24.3 Å². The van der Waals surface area contributed by atoms with Crippen molar-refractivity contribution < 1.29 is 13.2 Å². The lowest BCUT2D eigenvalue weighted by molar-refractivity contribution is -0.120. The van der Waals surface area contributed by atoms with E-state index in [4.69, 9.17) is 11.6 Å². The number of hydrogen-bond acceptors (Lipinski definition) is 3. The van der Waals surface area contributed by atoms with Gasteiger partial charge in [-0.25, -0.2) is 8.42 Å². The first kappa shape index (κ1) is 18.5. The normalized spacial score (nSPS) is 11.2. The van der Waals surface area contributed by atoms with Gasteiger partial charge in [0.05, 0.1) is 11.5 Å². The van der Waals surface area contributed by atoms with Crippen molar-refractivity contribution in [3.63, 3.8) is 0 Å². The average Bonchev–Trinajstić information content (AvgIpc) is 2.54. The van der Waals surface area contributed by atoms with Crippen molar-refractivity contribution in [1.82, 2.24) is 5.32 Å². The molecule has 0 aromatic heterocycles. The van der Waals surface area contributed by atoms with Crippen molar-refractivity contribution in [3.05, 3.63) is 70.2 Å². The molecule has 6 heteroatoms. The van der Waals surface area contributed by atoms with Crippen LogP contribution in [0.2, 0.25) is 5.02 Å². The SMILES string of the molecule is Cc1ccc(CNC(=O)CCS(=O)(=O)Cc2ccccc2Cl)cc1. The molecule has 24 heavy (non-hydrogen) atoms. The number of aryl methyl sites for hydroxylation is 1. The molecule has 2 aromatic carbocycles. The molecule has 0 saturated heterocycles. The number of carbonyl (C=O) groups is 1. The van der Waals surface area contributed by atoms with Crippen LogP contribution in [0, 0.1) is 6.92 Å². The first-order chi connectivity index (χ1) is 11.4. The fourth-order valence-corrected chi connectivity index (χ4v) is 3.82. The van der Waals surface area contributed by atoms with Crippen LogP contribution in [-0.2, 0) is 26.9 Å². The van der Waals surface area contributed by atoms with Gasteiger partial charge in [-0.2, -0.15) is 0 Å². The number of rotatable bonds is 7. The van der Waals surface area contributed by atoms with Gasteiger partial charge in [0.25, 0.3) is 0 Å². The fraction of sp³-hybridized carbons (Fsp3) is 0.278. The van der Waals surface area contributed by atoms with Crippen LogP contribution in [0.15, 0.2) is 48.5 Å². The van der Waals surface area contributed by atoms with Crippen LogP contribution in [0.1, 0.15) is 23.1 Å². The molecule has 0 saturated carbocycles. The van der Waals surface area contributed by atoms with Crippen LogP contribution in [0.4, 0.5) is 0 Å². The summed E-state index contributed by atoms with van der Waals surface area (Å²) >= 11 is 5.98. The van der Waals surface area contributed by atoms with E-state index in [9.17, 15) is 13.2 Å². The predicted octanol–water partition coefficient (Wildman–Crippen LogP) is 3.27. The molecular weight excluding hydrogens is 346 g/mol. The molecule has 0 aliphatic heterocycles. The second kappa shape index (κ2) is 8.31. The lowest BCUT2D eigenvalue weighted by Gasteiger charge is -2.08. The van der Waals surface area contributed by atoms with Crippen molar-refractivity contribution in [2.75, 3.05) is 5.75 Å². The Kier molecular flexibility index (Phi) is 6.40. The highest BCUT2D eigenvalue weighted by atomic mass is 35.5. The highest BCUT2D eigenvalue weighted by Gasteiger charge is 2.16. The van der Waals surface area contributed by atoms with Crippen LogP contribution < -0.4 is 5.32 Å². The van der Waals surface area contributed by atoms with E-state index in [2.05, 4.69) is 5.32 Å². The third-order valence-corrected chi connectivity index (χ3v) is 5.53. The highest BCUT2D eigenvalue weighted by molar-refractivity contribution is 7.90. The number of sulfone groups is 1. The largest absolute Gasteiger partial charge is 0.352 e. The van der Waals surface area contributed by atoms with Gasteiger partial charge in [-0.15, -0.1) is 0 Å². The number of carbonyl (C=O) groups excluding carboxylic acids is 1. The minimum Gasteiger partial charge on any atom is -0.352 e. The summed E-state index contributed by atoms with van der Waals surface area (Å²) < 4.78 is 24.3. The molecule has 0 radical (unpaired) electrons. The van der Waals surface area contributed by atoms with E-state index < -0.39 is 9.84 Å². The molecule has 128 valence electrons. The van der Waals surface area contributed by atoms with Crippen LogP contribution in [0.5, 0.6) is 0 Å². The second-order valence-corrected chi connectivity index (χ2v) is 8.29. The first-order valence-corrected chi connectivity index (χ1v) is 9.82. The smallest absolute Gasteiger partial charge is 0.221 e. The summed E-state index contributed by atoms with van der Waals surface area (Å²) in [4.78, 5) is 11.8. The number of amides is 1. The van der Waals surface area contributed by atoms with Gasteiger partial charge in [0.15, 0.2) is 9.84 Å². The van der Waals surface area contributed by atoms with Gasteiger partial charge < -0.3 is 5.32 Å². The Morgan fingerprint density at radius 1 is 1.08 bits per heavy atom. The number of halogens is 1. The maximum atomic E-state index is 12.1. The van der Waals surface area contributed by atoms with Crippen LogP contribution >= 0.6 is 11.6 Å². The summed E-state index contributed by atoms with van der Waals surface area (Å²) in [6.45, 7) is 2.38. The van der Waals surface area contributed by atoms with Crippen LogP contribution in [0.3, 0.4) is 0 Å². The van der Waals surface area contributed by atoms with Crippen molar-refractivity contribution in [3.8, 4) is 0 Å². The topological polar surface area (TPSA) is 63.2 Å². The maximum Gasteiger partial charge on any atom is 0.221 e. The van der Waals surface area contributed by atoms with Gasteiger partial charge in [-0.3, -0.25) is 4.79 Å². The molecular formula is C18H20ClNO3S. The van der Waals surface area contributed by atoms with Crippen molar-refractivity contribution in [2.45, 2.75) is 25.6 Å². The van der Waals surface area contributed by atoms with Crippen molar-refractivity contribution in [2.24, 2.45) is 0 Å². The summed E-state index contributed by atoms with van der Waals surface area (Å²) in [6, 6.07) is 14.6. The minimum absolute atomic E-state index is 0.0569. The zero-order valence-corrected chi connectivity index (χ0v) is 15.0. The molecule has 2 aromatic rings. The van der Waals surface area contributed by atoms with Gasteiger partial charge in [0.2, 0.25) is 5.91 Å². The van der Waals surface area contributed by atoms with Gasteiger partial charge in [0, 0.05) is 18.0 Å². The molecule has 0 heterocycles. The van der Waals surface area contributed by atoms with E-state index in [0.717, 1.165) is 11.1 Å². The first-order valence-electron chi connectivity index (χ1n) is 7.62. The van der Waals surface area contributed by atoms with E-state index in [0.29, 0.717) is 17.1 Å². The lowest BCUT2D eigenvalue weighted by atomic mass is 10.1. The summed E-state index contributed by atoms with van der Waals surface area (Å²) in [7, 11) is -3.39. The van der Waals surface area contributed by atoms with E-state index in [1.165, 1.54) is 0 Å². The Hall–Kier alpha value is -1.85. The average molecular weight is 366 g/mol. The molecule has 1 N–H and O–H groups in total.